The third kappa shape index (κ3) is 4.90. The van der Waals surface area contributed by atoms with Crippen molar-refractivity contribution in [3.8, 4) is 44.5 Å². The van der Waals surface area contributed by atoms with Crippen molar-refractivity contribution in [1.29, 1.82) is 0 Å². The summed E-state index contributed by atoms with van der Waals surface area (Å²) >= 11 is 0. The van der Waals surface area contributed by atoms with Gasteiger partial charge < -0.3 is 0 Å². The van der Waals surface area contributed by atoms with Crippen LogP contribution in [0.2, 0.25) is 0 Å². The minimum absolute atomic E-state index is 0.0500. The first-order valence-corrected chi connectivity index (χ1v) is 17.2. The molecule has 0 atom stereocenters. The molecule has 8 rings (SSSR count). The highest BCUT2D eigenvalue weighted by Gasteiger charge is 2.29. The van der Waals surface area contributed by atoms with Crippen LogP contribution < -0.4 is 0 Å². The molecule has 0 aromatic heterocycles. The number of hydrogen-bond acceptors (Lipinski definition) is 0. The second-order valence-electron chi connectivity index (χ2n) is 15.4. The summed E-state index contributed by atoms with van der Waals surface area (Å²) in [4.78, 5) is 0. The first-order valence-electron chi connectivity index (χ1n) is 17.2. The van der Waals surface area contributed by atoms with Crippen LogP contribution in [-0.2, 0) is 10.8 Å². The zero-order valence-electron chi connectivity index (χ0n) is 28.9. The van der Waals surface area contributed by atoms with Gasteiger partial charge in [-0.3, -0.25) is 0 Å². The molecule has 0 N–H and O–H groups in total. The highest BCUT2D eigenvalue weighted by Crippen LogP contribution is 2.54. The summed E-state index contributed by atoms with van der Waals surface area (Å²) in [6.45, 7) is 14.1. The Morgan fingerprint density at radius 1 is 0.292 bits per heavy atom. The van der Waals surface area contributed by atoms with E-state index in [0.717, 1.165) is 0 Å². The van der Waals surface area contributed by atoms with Crippen LogP contribution in [0.4, 0.5) is 0 Å². The van der Waals surface area contributed by atoms with Crippen LogP contribution in [0.25, 0.3) is 76.8 Å². The Balaban J connectivity index is 1.76. The summed E-state index contributed by atoms with van der Waals surface area (Å²) < 4.78 is 0. The number of benzene rings is 8. The Hall–Kier alpha value is -5.20. The molecular formula is C48H42. The monoisotopic (exact) mass is 618 g/mol. The molecule has 0 bridgehead atoms. The van der Waals surface area contributed by atoms with E-state index in [0.29, 0.717) is 0 Å². The first-order chi connectivity index (χ1) is 23.1. The summed E-state index contributed by atoms with van der Waals surface area (Å²) in [6.07, 6.45) is 0. The molecule has 0 spiro atoms. The quantitative estimate of drug-likeness (QED) is 0.172. The second kappa shape index (κ2) is 11.2. The van der Waals surface area contributed by atoms with Crippen LogP contribution in [0.3, 0.4) is 0 Å². The van der Waals surface area contributed by atoms with Gasteiger partial charge in [-0.25, -0.2) is 0 Å². The maximum Gasteiger partial charge on any atom is -0.00132 e. The van der Waals surface area contributed by atoms with E-state index in [1.807, 2.05) is 0 Å². The van der Waals surface area contributed by atoms with Gasteiger partial charge in [0.1, 0.15) is 0 Å². The van der Waals surface area contributed by atoms with Gasteiger partial charge in [-0.15, -0.1) is 0 Å². The van der Waals surface area contributed by atoms with E-state index in [2.05, 4.69) is 187 Å². The summed E-state index contributed by atoms with van der Waals surface area (Å²) in [7, 11) is 0. The van der Waals surface area contributed by atoms with Crippen molar-refractivity contribution in [2.45, 2.75) is 52.4 Å². The smallest absolute Gasteiger partial charge is 0.00132 e. The van der Waals surface area contributed by atoms with Gasteiger partial charge in [0, 0.05) is 0 Å². The molecule has 0 saturated carbocycles. The average Bonchev–Trinajstić information content (AvgIpc) is 3.10. The van der Waals surface area contributed by atoms with E-state index in [-0.39, 0.29) is 10.8 Å². The fourth-order valence-corrected chi connectivity index (χ4v) is 7.63. The maximum absolute atomic E-state index is 2.50. The van der Waals surface area contributed by atoms with Crippen LogP contribution in [-0.4, -0.2) is 0 Å². The molecule has 0 aliphatic rings. The normalized spacial score (nSPS) is 12.4. The van der Waals surface area contributed by atoms with Gasteiger partial charge in [0.05, 0.1) is 0 Å². The van der Waals surface area contributed by atoms with Gasteiger partial charge in [0.15, 0.2) is 0 Å². The maximum atomic E-state index is 2.50. The molecule has 0 nitrogen and oxygen atoms in total. The summed E-state index contributed by atoms with van der Waals surface area (Å²) in [5.74, 6) is 0. The van der Waals surface area contributed by atoms with E-state index in [1.165, 1.54) is 88.0 Å². The Labute approximate surface area is 285 Å². The molecule has 0 fully saturated rings. The summed E-state index contributed by atoms with van der Waals surface area (Å²) in [5, 5.41) is 7.98. The molecule has 0 amide bonds. The molecule has 8 aromatic rings. The van der Waals surface area contributed by atoms with Crippen molar-refractivity contribution in [3.05, 3.63) is 157 Å². The predicted molar refractivity (Wildman–Crippen MR) is 209 cm³/mol. The fraction of sp³-hybridized carbons (Fsp3) is 0.167. The van der Waals surface area contributed by atoms with Crippen molar-refractivity contribution in [2.24, 2.45) is 0 Å². The Kier molecular flexibility index (Phi) is 7.04. The zero-order valence-corrected chi connectivity index (χ0v) is 28.9. The highest BCUT2D eigenvalue weighted by molar-refractivity contribution is 6.36. The lowest BCUT2D eigenvalue weighted by Crippen LogP contribution is -2.13. The predicted octanol–water partition coefficient (Wildman–Crippen LogP) is 13.8. The number of hydrogen-bond donors (Lipinski definition) is 0. The fourth-order valence-electron chi connectivity index (χ4n) is 7.63. The Morgan fingerprint density at radius 2 is 0.500 bits per heavy atom. The minimum atomic E-state index is -0.0500. The molecule has 234 valence electrons. The van der Waals surface area contributed by atoms with Gasteiger partial charge in [-0.2, -0.15) is 0 Å². The summed E-state index contributed by atoms with van der Waals surface area (Å²) in [6, 6.07) is 54.3. The largest absolute Gasteiger partial charge is 0.0622 e. The molecule has 0 saturated heterocycles. The molecule has 0 heteroatoms. The molecule has 0 aliphatic heterocycles. The van der Waals surface area contributed by atoms with E-state index in [4.69, 9.17) is 0 Å². The minimum Gasteiger partial charge on any atom is -0.0622 e. The van der Waals surface area contributed by atoms with Crippen LogP contribution in [0.15, 0.2) is 146 Å². The van der Waals surface area contributed by atoms with E-state index in [1.54, 1.807) is 0 Å². The van der Waals surface area contributed by atoms with Crippen molar-refractivity contribution < 1.29 is 0 Å². The van der Waals surface area contributed by atoms with E-state index in [9.17, 15) is 0 Å². The lowest BCUT2D eigenvalue weighted by atomic mass is 9.74. The highest BCUT2D eigenvalue weighted by atomic mass is 14.3. The topological polar surface area (TPSA) is 0 Å². The molecular weight excluding hydrogens is 577 g/mol. The standard InChI is InChI=1S/C48H42/c1-47(2,3)35-27-37-41(31-19-11-7-12-20-31)43(33-23-15-9-16-24-33)39-29-36(48(4,5)6)30-40-44(34-25-17-10-18-26-34)42(32-21-13-8-14-22-32)38(28-35)45(37)46(39)40/h7-30H,1-6H3. The third-order valence-electron chi connectivity index (χ3n) is 10.1. The second-order valence-corrected chi connectivity index (χ2v) is 15.4. The Bertz CT molecular complexity index is 2070. The van der Waals surface area contributed by atoms with Gasteiger partial charge in [-0.1, -0.05) is 163 Å². The van der Waals surface area contributed by atoms with E-state index >= 15 is 0 Å². The molecule has 0 aliphatic carbocycles. The van der Waals surface area contributed by atoms with Crippen molar-refractivity contribution >= 4 is 32.3 Å². The molecule has 8 aromatic carbocycles. The van der Waals surface area contributed by atoms with Crippen molar-refractivity contribution in [1.82, 2.24) is 0 Å². The van der Waals surface area contributed by atoms with Crippen LogP contribution in [0, 0.1) is 0 Å². The third-order valence-corrected chi connectivity index (χ3v) is 10.1. The zero-order chi connectivity index (χ0) is 33.2. The lowest BCUT2D eigenvalue weighted by molar-refractivity contribution is 0.591. The van der Waals surface area contributed by atoms with Crippen molar-refractivity contribution in [3.63, 3.8) is 0 Å². The molecule has 0 heterocycles. The van der Waals surface area contributed by atoms with Crippen molar-refractivity contribution in [2.75, 3.05) is 0 Å². The first kappa shape index (κ1) is 30.2. The molecule has 48 heavy (non-hydrogen) atoms. The number of rotatable bonds is 4. The van der Waals surface area contributed by atoms with Crippen LogP contribution >= 0.6 is 0 Å². The molecule has 0 unspecified atom stereocenters. The SMILES string of the molecule is CC(C)(C)c1cc2c(-c3ccccc3)c(-c3ccccc3)c3cc(C(C)(C)C)cc4c(-c5ccccc5)c(-c5ccccc5)c(c1)c2c34. The van der Waals surface area contributed by atoms with Crippen LogP contribution in [0.5, 0.6) is 0 Å². The molecule has 0 radical (unpaired) electrons. The van der Waals surface area contributed by atoms with Gasteiger partial charge in [0.2, 0.25) is 0 Å². The Morgan fingerprint density at radius 3 is 0.688 bits per heavy atom. The van der Waals surface area contributed by atoms with Gasteiger partial charge in [0.25, 0.3) is 0 Å². The van der Waals surface area contributed by atoms with Gasteiger partial charge in [-0.05, 0) is 123 Å². The van der Waals surface area contributed by atoms with Gasteiger partial charge >= 0.3 is 0 Å². The van der Waals surface area contributed by atoms with E-state index < -0.39 is 0 Å². The van der Waals surface area contributed by atoms with Crippen LogP contribution in [0.1, 0.15) is 52.7 Å². The lowest BCUT2D eigenvalue weighted by Gasteiger charge is -2.30. The summed E-state index contributed by atoms with van der Waals surface area (Å²) in [5.41, 5.74) is 12.8. The average molecular weight is 619 g/mol.